The first-order chi connectivity index (χ1) is 9.22. The lowest BCUT2D eigenvalue weighted by Crippen LogP contribution is -2.49. The first-order valence-corrected chi connectivity index (χ1v) is 7.90. The Morgan fingerprint density at radius 2 is 1.95 bits per heavy atom. The molecule has 1 heterocycles. The Bertz CT molecular complexity index is 282. The summed E-state index contributed by atoms with van der Waals surface area (Å²) in [5, 5.41) is 0. The maximum atomic E-state index is 12.6. The summed E-state index contributed by atoms with van der Waals surface area (Å²) in [6.45, 7) is 3.74. The Hall–Kier alpha value is -0.610. The van der Waals surface area contributed by atoms with Crippen LogP contribution in [-0.4, -0.2) is 42.1 Å². The van der Waals surface area contributed by atoms with Crippen molar-refractivity contribution in [2.24, 2.45) is 5.73 Å². The van der Waals surface area contributed by atoms with Crippen LogP contribution in [0.25, 0.3) is 0 Å². The summed E-state index contributed by atoms with van der Waals surface area (Å²) in [6.07, 6.45) is 8.14. The van der Waals surface area contributed by atoms with Crippen LogP contribution in [0.5, 0.6) is 0 Å². The van der Waals surface area contributed by atoms with Gasteiger partial charge in [-0.3, -0.25) is 4.79 Å². The van der Waals surface area contributed by atoms with Gasteiger partial charge in [-0.05, 0) is 51.4 Å². The maximum Gasteiger partial charge on any atom is 0.251 e. The molecule has 2 rings (SSSR count). The molecule has 1 saturated carbocycles. The second kappa shape index (κ2) is 7.25. The van der Waals surface area contributed by atoms with Crippen LogP contribution in [0.3, 0.4) is 0 Å². The van der Waals surface area contributed by atoms with Gasteiger partial charge in [0.2, 0.25) is 0 Å². The Labute approximate surface area is 116 Å². The van der Waals surface area contributed by atoms with E-state index < -0.39 is 0 Å². The van der Waals surface area contributed by atoms with Gasteiger partial charge in [-0.2, -0.15) is 0 Å². The monoisotopic (exact) mass is 268 g/mol. The van der Waals surface area contributed by atoms with Crippen LogP contribution in [-0.2, 0) is 9.53 Å². The summed E-state index contributed by atoms with van der Waals surface area (Å²) < 4.78 is 5.66. The third kappa shape index (κ3) is 3.93. The number of ether oxygens (including phenoxy) is 1. The molecule has 1 amide bonds. The number of nitrogens with zero attached hydrogens (tertiary/aromatic N) is 1. The number of carbonyl (C=O) groups excluding carboxylic acids is 1. The molecule has 2 N–H and O–H groups in total. The lowest BCUT2D eigenvalue weighted by atomic mass is 9.90. The van der Waals surface area contributed by atoms with Crippen molar-refractivity contribution in [2.75, 3.05) is 13.2 Å². The van der Waals surface area contributed by atoms with Gasteiger partial charge >= 0.3 is 0 Å². The van der Waals surface area contributed by atoms with E-state index in [-0.39, 0.29) is 12.0 Å². The van der Waals surface area contributed by atoms with Crippen molar-refractivity contribution in [2.45, 2.75) is 76.5 Å². The minimum absolute atomic E-state index is 0.184. The van der Waals surface area contributed by atoms with Crippen molar-refractivity contribution in [1.82, 2.24) is 4.90 Å². The van der Waals surface area contributed by atoms with Crippen LogP contribution < -0.4 is 5.73 Å². The van der Waals surface area contributed by atoms with Crippen molar-refractivity contribution in [3.63, 3.8) is 0 Å². The second-order valence-electron chi connectivity index (χ2n) is 5.96. The highest BCUT2D eigenvalue weighted by molar-refractivity contribution is 5.81. The predicted molar refractivity (Wildman–Crippen MR) is 75.8 cm³/mol. The fourth-order valence-electron chi connectivity index (χ4n) is 3.25. The van der Waals surface area contributed by atoms with E-state index >= 15 is 0 Å². The zero-order valence-electron chi connectivity index (χ0n) is 12.1. The van der Waals surface area contributed by atoms with E-state index in [4.69, 9.17) is 10.5 Å². The van der Waals surface area contributed by atoms with Crippen molar-refractivity contribution in [3.05, 3.63) is 0 Å². The van der Waals surface area contributed by atoms with Crippen LogP contribution in [0.15, 0.2) is 0 Å². The van der Waals surface area contributed by atoms with E-state index in [0.717, 1.165) is 64.5 Å². The number of rotatable bonds is 4. The van der Waals surface area contributed by atoms with Crippen LogP contribution in [0.4, 0.5) is 0 Å². The maximum absolute atomic E-state index is 12.6. The molecule has 1 atom stereocenters. The highest BCUT2D eigenvalue weighted by atomic mass is 16.5. The fraction of sp³-hybridized carbons (Fsp3) is 0.933. The molecule has 2 aliphatic rings. The smallest absolute Gasteiger partial charge is 0.251 e. The number of amides is 1. The fourth-order valence-corrected chi connectivity index (χ4v) is 3.25. The van der Waals surface area contributed by atoms with E-state index in [1.54, 1.807) is 0 Å². The molecular weight excluding hydrogens is 240 g/mol. The summed E-state index contributed by atoms with van der Waals surface area (Å²) >= 11 is 0. The van der Waals surface area contributed by atoms with Crippen molar-refractivity contribution >= 4 is 5.91 Å². The Morgan fingerprint density at radius 3 is 2.53 bits per heavy atom. The van der Waals surface area contributed by atoms with Crippen molar-refractivity contribution in [3.8, 4) is 0 Å². The first-order valence-electron chi connectivity index (χ1n) is 7.90. The highest BCUT2D eigenvalue weighted by Gasteiger charge is 2.32. The molecule has 0 radical (unpaired) electrons. The molecule has 110 valence electrons. The molecule has 0 aromatic carbocycles. The third-order valence-electron chi connectivity index (χ3n) is 4.38. The quantitative estimate of drug-likeness (QED) is 0.849. The molecule has 1 aliphatic heterocycles. The topological polar surface area (TPSA) is 55.6 Å². The van der Waals surface area contributed by atoms with Crippen LogP contribution >= 0.6 is 0 Å². The van der Waals surface area contributed by atoms with Gasteiger partial charge in [-0.1, -0.05) is 6.92 Å². The first kappa shape index (κ1) is 14.8. The Balaban J connectivity index is 1.95. The molecule has 1 aliphatic carbocycles. The zero-order valence-corrected chi connectivity index (χ0v) is 12.1. The molecule has 4 nitrogen and oxygen atoms in total. The molecule has 1 saturated heterocycles. The van der Waals surface area contributed by atoms with E-state index in [1.807, 2.05) is 0 Å². The number of carbonyl (C=O) groups is 1. The van der Waals surface area contributed by atoms with Crippen molar-refractivity contribution < 1.29 is 9.53 Å². The standard InChI is InChI=1S/C15H28N2O2/c1-2-10-17(13-8-6-12(16)7-9-13)15(18)14-5-3-4-11-19-14/h12-14H,2-11,16H2,1H3. The minimum Gasteiger partial charge on any atom is -0.368 e. The molecule has 4 heteroatoms. The molecule has 0 spiro atoms. The number of hydrogen-bond acceptors (Lipinski definition) is 3. The van der Waals surface area contributed by atoms with Gasteiger partial charge in [-0.25, -0.2) is 0 Å². The number of hydrogen-bond donors (Lipinski definition) is 1. The van der Waals surface area contributed by atoms with Gasteiger partial charge in [0.05, 0.1) is 0 Å². The summed E-state index contributed by atoms with van der Waals surface area (Å²) in [4.78, 5) is 14.7. The van der Waals surface area contributed by atoms with Gasteiger partial charge in [-0.15, -0.1) is 0 Å². The van der Waals surface area contributed by atoms with E-state index in [2.05, 4.69) is 11.8 Å². The normalized spacial score (nSPS) is 32.0. The van der Waals surface area contributed by atoms with Crippen molar-refractivity contribution in [1.29, 1.82) is 0 Å². The molecule has 2 fully saturated rings. The van der Waals surface area contributed by atoms with Gasteiger partial charge in [0.15, 0.2) is 0 Å². The van der Waals surface area contributed by atoms with Gasteiger partial charge in [0, 0.05) is 25.2 Å². The van der Waals surface area contributed by atoms with Crippen LogP contribution in [0.2, 0.25) is 0 Å². The average molecular weight is 268 g/mol. The van der Waals surface area contributed by atoms with Gasteiger partial charge in [0.1, 0.15) is 6.10 Å². The van der Waals surface area contributed by atoms with E-state index in [9.17, 15) is 4.79 Å². The molecule has 1 unspecified atom stereocenters. The molecule has 0 bridgehead atoms. The molecule has 19 heavy (non-hydrogen) atoms. The van der Waals surface area contributed by atoms with Gasteiger partial charge in [0.25, 0.3) is 5.91 Å². The predicted octanol–water partition coefficient (Wildman–Crippen LogP) is 2.06. The zero-order chi connectivity index (χ0) is 13.7. The summed E-state index contributed by atoms with van der Waals surface area (Å²) in [5.41, 5.74) is 5.96. The highest BCUT2D eigenvalue weighted by Crippen LogP contribution is 2.25. The number of nitrogens with two attached hydrogens (primary N) is 1. The van der Waals surface area contributed by atoms with E-state index in [1.165, 1.54) is 0 Å². The van der Waals surface area contributed by atoms with E-state index in [0.29, 0.717) is 12.1 Å². The largest absolute Gasteiger partial charge is 0.368 e. The third-order valence-corrected chi connectivity index (χ3v) is 4.38. The van der Waals surface area contributed by atoms with Crippen LogP contribution in [0, 0.1) is 0 Å². The second-order valence-corrected chi connectivity index (χ2v) is 5.96. The van der Waals surface area contributed by atoms with Gasteiger partial charge < -0.3 is 15.4 Å². The molecule has 0 aromatic heterocycles. The Kier molecular flexibility index (Phi) is 5.64. The summed E-state index contributed by atoms with van der Waals surface area (Å²) in [7, 11) is 0. The average Bonchev–Trinajstić information content (AvgIpc) is 2.46. The molecular formula is C15H28N2O2. The summed E-state index contributed by atoms with van der Waals surface area (Å²) in [5.74, 6) is 0.224. The van der Waals surface area contributed by atoms with Crippen LogP contribution in [0.1, 0.15) is 58.3 Å². The lowest BCUT2D eigenvalue weighted by molar-refractivity contribution is -0.149. The molecule has 0 aromatic rings. The summed E-state index contributed by atoms with van der Waals surface area (Å²) in [6, 6.07) is 0.721. The SMILES string of the molecule is CCCN(C(=O)C1CCCCO1)C1CCC(N)CC1. The Morgan fingerprint density at radius 1 is 1.21 bits per heavy atom. The minimum atomic E-state index is -0.184. The lowest BCUT2D eigenvalue weighted by Gasteiger charge is -2.38.